The van der Waals surface area contributed by atoms with Crippen molar-refractivity contribution in [1.82, 2.24) is 15.3 Å². The van der Waals surface area contributed by atoms with Crippen molar-refractivity contribution in [2.24, 2.45) is 0 Å². The van der Waals surface area contributed by atoms with Gasteiger partial charge >= 0.3 is 0 Å². The molecule has 8 heteroatoms. The molecule has 4 aromatic rings. The summed E-state index contributed by atoms with van der Waals surface area (Å²) < 4.78 is 31.6. The third-order valence-electron chi connectivity index (χ3n) is 8.56. The molecule has 5 heterocycles. The number of aryl methyl sites for hydroxylation is 1. The number of aromatic hydroxyl groups is 1. The number of fused-ring (bicyclic) bond motifs is 4. The van der Waals surface area contributed by atoms with E-state index in [1.54, 1.807) is 6.20 Å². The highest BCUT2D eigenvalue weighted by molar-refractivity contribution is 6.04. The SMILES string of the molecule is C#Cc1c(F)ccc2cc(O)cc(-c3ncc4c(N5C[C@H]6CC[C@@H](C5)N6)nc(N5CCCC5)c(C)c4c3F)c12. The number of hydrogen-bond acceptors (Lipinski definition) is 6. The summed E-state index contributed by atoms with van der Waals surface area (Å²) in [6.07, 6.45) is 11.8. The summed E-state index contributed by atoms with van der Waals surface area (Å²) in [5.41, 5.74) is 1.06. The zero-order valence-electron chi connectivity index (χ0n) is 21.8. The molecular weight excluding hydrogens is 496 g/mol. The fourth-order valence-electron chi connectivity index (χ4n) is 6.77. The third-order valence-corrected chi connectivity index (χ3v) is 8.56. The van der Waals surface area contributed by atoms with Crippen LogP contribution in [0.15, 0.2) is 30.5 Å². The molecule has 0 radical (unpaired) electrons. The highest BCUT2D eigenvalue weighted by Crippen LogP contribution is 2.42. The topological polar surface area (TPSA) is 64.5 Å². The number of terminal acetylenes is 1. The number of phenolic OH excluding ortho intramolecular Hbond substituents is 1. The number of phenols is 1. The molecular formula is C31H29F2N5O. The summed E-state index contributed by atoms with van der Waals surface area (Å²) in [5, 5.41) is 16.1. The molecule has 198 valence electrons. The van der Waals surface area contributed by atoms with Crippen molar-refractivity contribution in [1.29, 1.82) is 0 Å². The van der Waals surface area contributed by atoms with Crippen molar-refractivity contribution in [3.63, 3.8) is 0 Å². The van der Waals surface area contributed by atoms with Gasteiger partial charge in [-0.25, -0.2) is 13.8 Å². The molecule has 0 amide bonds. The maximum absolute atomic E-state index is 16.8. The number of pyridine rings is 2. The van der Waals surface area contributed by atoms with Gasteiger partial charge in [-0.2, -0.15) is 0 Å². The Kier molecular flexibility index (Phi) is 5.60. The van der Waals surface area contributed by atoms with Gasteiger partial charge in [-0.15, -0.1) is 6.42 Å². The number of rotatable bonds is 3. The van der Waals surface area contributed by atoms with E-state index in [4.69, 9.17) is 11.4 Å². The van der Waals surface area contributed by atoms with Crippen LogP contribution in [0.2, 0.25) is 0 Å². The van der Waals surface area contributed by atoms with Gasteiger partial charge in [0, 0.05) is 71.7 Å². The molecule has 0 spiro atoms. The monoisotopic (exact) mass is 525 g/mol. The second kappa shape index (κ2) is 9.06. The van der Waals surface area contributed by atoms with Crippen molar-refractivity contribution in [3.05, 3.63) is 53.2 Å². The lowest BCUT2D eigenvalue weighted by Crippen LogP contribution is -2.51. The number of halogens is 2. The zero-order valence-corrected chi connectivity index (χ0v) is 21.8. The Labute approximate surface area is 225 Å². The number of nitrogens with zero attached hydrogens (tertiary/aromatic N) is 4. The first-order chi connectivity index (χ1) is 18.9. The quantitative estimate of drug-likeness (QED) is 0.356. The smallest absolute Gasteiger partial charge is 0.157 e. The molecule has 2 N–H and O–H groups in total. The van der Waals surface area contributed by atoms with Gasteiger partial charge in [0.2, 0.25) is 0 Å². The Bertz CT molecular complexity index is 1680. The van der Waals surface area contributed by atoms with Crippen LogP contribution in [0.25, 0.3) is 32.8 Å². The summed E-state index contributed by atoms with van der Waals surface area (Å²) in [6, 6.07) is 6.48. The first-order valence-electron chi connectivity index (χ1n) is 13.6. The van der Waals surface area contributed by atoms with Gasteiger partial charge in [0.25, 0.3) is 0 Å². The van der Waals surface area contributed by atoms with Crippen molar-refractivity contribution in [3.8, 4) is 29.4 Å². The molecule has 0 saturated carbocycles. The van der Waals surface area contributed by atoms with Gasteiger partial charge in [-0.1, -0.05) is 12.0 Å². The van der Waals surface area contributed by atoms with Crippen molar-refractivity contribution in [2.45, 2.75) is 44.7 Å². The van der Waals surface area contributed by atoms with Crippen LogP contribution in [-0.4, -0.2) is 53.3 Å². The van der Waals surface area contributed by atoms with Gasteiger partial charge in [-0.3, -0.25) is 4.98 Å². The standard InChI is InChI=1S/C31H29F2N5O/c1-3-22-25(32)9-6-18-12-21(39)13-23(27(18)22)29-28(33)26-17(2)30(37-10-4-5-11-37)36-31(24(26)14-34-29)38-15-19-7-8-20(16-38)35-19/h1,6,9,12-14,19-20,35,39H,4-5,7-8,10-11,15-16H2,2H3/t19-,20+. The lowest BCUT2D eigenvalue weighted by molar-refractivity contribution is 0.464. The minimum Gasteiger partial charge on any atom is -0.508 e. The average Bonchev–Trinajstić information content (AvgIpc) is 3.58. The highest BCUT2D eigenvalue weighted by Gasteiger charge is 2.35. The molecule has 7 rings (SSSR count). The fraction of sp³-hybridized carbons (Fsp3) is 0.355. The average molecular weight is 526 g/mol. The highest BCUT2D eigenvalue weighted by atomic mass is 19.1. The second-order valence-corrected chi connectivity index (χ2v) is 11.0. The van der Waals surface area contributed by atoms with E-state index in [1.165, 1.54) is 24.3 Å². The molecule has 6 nitrogen and oxygen atoms in total. The van der Waals surface area contributed by atoms with Crippen molar-refractivity contribution < 1.29 is 13.9 Å². The summed E-state index contributed by atoms with van der Waals surface area (Å²) in [7, 11) is 0. The molecule has 2 aromatic heterocycles. The van der Waals surface area contributed by atoms with E-state index in [-0.39, 0.29) is 22.6 Å². The van der Waals surface area contributed by atoms with Crippen LogP contribution in [0.1, 0.15) is 36.8 Å². The van der Waals surface area contributed by atoms with E-state index in [9.17, 15) is 9.50 Å². The van der Waals surface area contributed by atoms with E-state index >= 15 is 4.39 Å². The number of aromatic nitrogens is 2. The second-order valence-electron chi connectivity index (χ2n) is 11.0. The fourth-order valence-corrected chi connectivity index (χ4v) is 6.77. The summed E-state index contributed by atoms with van der Waals surface area (Å²) in [5.74, 6) is 2.79. The first-order valence-corrected chi connectivity index (χ1v) is 13.6. The first kappa shape index (κ1) is 24.1. The number of hydrogen-bond donors (Lipinski definition) is 2. The number of anilines is 2. The van der Waals surface area contributed by atoms with E-state index in [0.717, 1.165) is 69.1 Å². The normalized spacial score (nSPS) is 20.8. The Morgan fingerprint density at radius 2 is 1.77 bits per heavy atom. The van der Waals surface area contributed by atoms with Crippen molar-refractivity contribution in [2.75, 3.05) is 36.0 Å². The lowest BCUT2D eigenvalue weighted by Gasteiger charge is -2.35. The summed E-state index contributed by atoms with van der Waals surface area (Å²) in [6.45, 7) is 5.30. The van der Waals surface area contributed by atoms with E-state index in [1.807, 2.05) is 6.92 Å². The molecule has 39 heavy (non-hydrogen) atoms. The van der Waals surface area contributed by atoms with Crippen molar-refractivity contribution >= 4 is 33.2 Å². The van der Waals surface area contributed by atoms with Gasteiger partial charge in [0.1, 0.15) is 28.9 Å². The third kappa shape index (κ3) is 3.79. The number of benzene rings is 2. The molecule has 3 saturated heterocycles. The van der Waals surface area contributed by atoms with Crippen LogP contribution < -0.4 is 15.1 Å². The largest absolute Gasteiger partial charge is 0.508 e. The molecule has 3 fully saturated rings. The van der Waals surface area contributed by atoms with Crippen LogP contribution in [0.5, 0.6) is 5.75 Å². The van der Waals surface area contributed by atoms with Crippen LogP contribution >= 0.6 is 0 Å². The summed E-state index contributed by atoms with van der Waals surface area (Å²) >= 11 is 0. The maximum atomic E-state index is 16.8. The predicted molar refractivity (Wildman–Crippen MR) is 150 cm³/mol. The molecule has 2 atom stereocenters. The Morgan fingerprint density at radius 3 is 2.49 bits per heavy atom. The van der Waals surface area contributed by atoms with Gasteiger partial charge < -0.3 is 20.2 Å². The maximum Gasteiger partial charge on any atom is 0.157 e. The van der Waals surface area contributed by atoms with Gasteiger partial charge in [0.15, 0.2) is 5.82 Å². The Morgan fingerprint density at radius 1 is 1.03 bits per heavy atom. The summed E-state index contributed by atoms with van der Waals surface area (Å²) in [4.78, 5) is 14.2. The molecule has 0 unspecified atom stereocenters. The lowest BCUT2D eigenvalue weighted by atomic mass is 9.94. The molecule has 0 aliphatic carbocycles. The minimum absolute atomic E-state index is 0.0185. The predicted octanol–water partition coefficient (Wildman–Crippen LogP) is 5.26. The number of nitrogens with one attached hydrogen (secondary N) is 1. The van der Waals surface area contributed by atoms with Gasteiger partial charge in [0.05, 0.1) is 5.56 Å². The Hall–Kier alpha value is -3.96. The Balaban J connectivity index is 1.50. The molecule has 3 aliphatic heterocycles. The van der Waals surface area contributed by atoms with E-state index in [2.05, 4.69) is 26.0 Å². The van der Waals surface area contributed by atoms with Crippen LogP contribution in [0, 0.1) is 30.9 Å². The number of piperazine rings is 1. The van der Waals surface area contributed by atoms with Crippen LogP contribution in [0.4, 0.5) is 20.4 Å². The van der Waals surface area contributed by atoms with Crippen LogP contribution in [0.3, 0.4) is 0 Å². The minimum atomic E-state index is -0.578. The van der Waals surface area contributed by atoms with Gasteiger partial charge in [-0.05, 0) is 56.2 Å². The zero-order chi connectivity index (χ0) is 26.8. The van der Waals surface area contributed by atoms with E-state index < -0.39 is 11.6 Å². The van der Waals surface area contributed by atoms with Crippen LogP contribution in [-0.2, 0) is 0 Å². The molecule has 3 aliphatic rings. The molecule has 2 aromatic carbocycles. The molecule has 2 bridgehead atoms. The van der Waals surface area contributed by atoms with E-state index in [0.29, 0.717) is 33.6 Å².